The number of benzene rings is 1. The molecule has 1 aromatic heterocycles. The zero-order valence-corrected chi connectivity index (χ0v) is 13.8. The molecule has 2 rings (SSSR count). The fourth-order valence-electron chi connectivity index (χ4n) is 2.13. The SMILES string of the molecule is CCCCCCc1c(O)oc(C=Nc2ccccc2)c1Br. The number of rotatable bonds is 7. The standard InChI is InChI=1S/C17H20BrNO2/c1-2-3-4-8-11-14-16(18)15(21-17(14)20)12-19-13-9-6-5-7-10-13/h5-7,9-10,12,20H,2-4,8,11H2,1H3. The summed E-state index contributed by atoms with van der Waals surface area (Å²) in [6, 6.07) is 9.64. The van der Waals surface area contributed by atoms with Gasteiger partial charge in [-0.3, -0.25) is 4.99 Å². The lowest BCUT2D eigenvalue weighted by atomic mass is 10.1. The van der Waals surface area contributed by atoms with Gasteiger partial charge in [0.1, 0.15) is 0 Å². The van der Waals surface area contributed by atoms with Crippen molar-refractivity contribution in [1.29, 1.82) is 0 Å². The molecule has 112 valence electrons. The van der Waals surface area contributed by atoms with Crippen molar-refractivity contribution in [3.63, 3.8) is 0 Å². The van der Waals surface area contributed by atoms with Gasteiger partial charge in [0.15, 0.2) is 5.76 Å². The zero-order chi connectivity index (χ0) is 15.1. The van der Waals surface area contributed by atoms with Crippen LogP contribution in [0.4, 0.5) is 5.69 Å². The summed E-state index contributed by atoms with van der Waals surface area (Å²) in [5, 5.41) is 9.91. The Morgan fingerprint density at radius 1 is 1.19 bits per heavy atom. The largest absolute Gasteiger partial charge is 0.480 e. The molecular formula is C17H20BrNO2. The van der Waals surface area contributed by atoms with E-state index < -0.39 is 0 Å². The Morgan fingerprint density at radius 2 is 1.95 bits per heavy atom. The van der Waals surface area contributed by atoms with Gasteiger partial charge in [-0.15, -0.1) is 0 Å². The molecule has 0 saturated heterocycles. The van der Waals surface area contributed by atoms with E-state index in [0.29, 0.717) is 5.76 Å². The minimum Gasteiger partial charge on any atom is -0.480 e. The van der Waals surface area contributed by atoms with Crippen LogP contribution < -0.4 is 0 Å². The number of hydrogen-bond donors (Lipinski definition) is 1. The number of furan rings is 1. The molecule has 0 atom stereocenters. The van der Waals surface area contributed by atoms with Crippen LogP contribution in [-0.4, -0.2) is 11.3 Å². The number of halogens is 1. The first-order valence-corrected chi connectivity index (χ1v) is 8.11. The summed E-state index contributed by atoms with van der Waals surface area (Å²) in [7, 11) is 0. The summed E-state index contributed by atoms with van der Waals surface area (Å²) in [6.45, 7) is 2.18. The van der Waals surface area contributed by atoms with E-state index in [9.17, 15) is 5.11 Å². The van der Waals surface area contributed by atoms with Crippen molar-refractivity contribution in [2.24, 2.45) is 4.99 Å². The molecule has 1 N–H and O–H groups in total. The third-order valence-corrected chi connectivity index (χ3v) is 4.18. The second kappa shape index (κ2) is 8.03. The van der Waals surface area contributed by atoms with Crippen molar-refractivity contribution in [2.75, 3.05) is 0 Å². The van der Waals surface area contributed by atoms with Gasteiger partial charge in [0.2, 0.25) is 0 Å². The molecule has 0 unspecified atom stereocenters. The fraction of sp³-hybridized carbons (Fsp3) is 0.353. The number of nitrogens with zero attached hydrogens (tertiary/aromatic N) is 1. The first-order valence-electron chi connectivity index (χ1n) is 7.31. The summed E-state index contributed by atoms with van der Waals surface area (Å²) < 4.78 is 6.19. The molecule has 4 heteroatoms. The smallest absolute Gasteiger partial charge is 0.286 e. The topological polar surface area (TPSA) is 45.7 Å². The summed E-state index contributed by atoms with van der Waals surface area (Å²) >= 11 is 3.50. The molecule has 3 nitrogen and oxygen atoms in total. The number of aliphatic imine (C=N–C) groups is 1. The molecule has 0 saturated carbocycles. The number of unbranched alkanes of at least 4 members (excludes halogenated alkanes) is 3. The highest BCUT2D eigenvalue weighted by atomic mass is 79.9. The minimum atomic E-state index is -0.00659. The Labute approximate surface area is 133 Å². The highest BCUT2D eigenvalue weighted by Gasteiger charge is 2.16. The zero-order valence-electron chi connectivity index (χ0n) is 12.2. The van der Waals surface area contributed by atoms with E-state index in [4.69, 9.17) is 4.42 Å². The quantitative estimate of drug-likeness (QED) is 0.520. The number of aromatic hydroxyl groups is 1. The number of para-hydroxylation sites is 1. The minimum absolute atomic E-state index is 0.00659. The van der Waals surface area contributed by atoms with Gasteiger partial charge in [-0.25, -0.2) is 0 Å². The van der Waals surface area contributed by atoms with Gasteiger partial charge in [0.25, 0.3) is 5.95 Å². The van der Waals surface area contributed by atoms with Gasteiger partial charge in [-0.2, -0.15) is 0 Å². The Balaban J connectivity index is 2.06. The lowest BCUT2D eigenvalue weighted by Gasteiger charge is -1.98. The van der Waals surface area contributed by atoms with E-state index in [1.807, 2.05) is 30.3 Å². The van der Waals surface area contributed by atoms with Gasteiger partial charge in [-0.1, -0.05) is 44.4 Å². The first-order chi connectivity index (χ1) is 10.2. The summed E-state index contributed by atoms with van der Waals surface area (Å²) in [4.78, 5) is 4.34. The van der Waals surface area contributed by atoms with Crippen molar-refractivity contribution in [1.82, 2.24) is 0 Å². The third-order valence-electron chi connectivity index (χ3n) is 3.31. The van der Waals surface area contributed by atoms with Crippen LogP contribution in [0.2, 0.25) is 0 Å². The third kappa shape index (κ3) is 4.46. The van der Waals surface area contributed by atoms with Gasteiger partial charge >= 0.3 is 0 Å². The molecule has 1 aromatic carbocycles. The van der Waals surface area contributed by atoms with Crippen LogP contribution in [0.1, 0.15) is 43.9 Å². The Kier molecular flexibility index (Phi) is 6.05. The Morgan fingerprint density at radius 3 is 2.67 bits per heavy atom. The van der Waals surface area contributed by atoms with Gasteiger partial charge in [-0.05, 0) is 40.9 Å². The van der Waals surface area contributed by atoms with Crippen molar-refractivity contribution in [3.8, 4) is 5.95 Å². The van der Waals surface area contributed by atoms with Crippen LogP contribution in [0.3, 0.4) is 0 Å². The van der Waals surface area contributed by atoms with Crippen LogP contribution in [0.5, 0.6) is 5.95 Å². The summed E-state index contributed by atoms with van der Waals surface area (Å²) in [6.07, 6.45) is 7.09. The molecule has 21 heavy (non-hydrogen) atoms. The maximum atomic E-state index is 9.91. The second-order valence-electron chi connectivity index (χ2n) is 4.97. The van der Waals surface area contributed by atoms with Crippen LogP contribution in [0, 0.1) is 0 Å². The molecule has 0 radical (unpaired) electrons. The van der Waals surface area contributed by atoms with Crippen LogP contribution in [-0.2, 0) is 6.42 Å². The van der Waals surface area contributed by atoms with Crippen LogP contribution in [0.15, 0.2) is 44.2 Å². The van der Waals surface area contributed by atoms with Gasteiger partial charge in [0.05, 0.1) is 21.9 Å². The van der Waals surface area contributed by atoms with E-state index in [0.717, 1.165) is 28.6 Å². The predicted molar refractivity (Wildman–Crippen MR) is 89.6 cm³/mol. The molecule has 1 heterocycles. The first kappa shape index (κ1) is 15.8. The average Bonchev–Trinajstić information content (AvgIpc) is 2.77. The molecule has 0 aliphatic carbocycles. The van der Waals surface area contributed by atoms with Crippen molar-refractivity contribution in [2.45, 2.75) is 39.0 Å². The molecule has 0 amide bonds. The van der Waals surface area contributed by atoms with E-state index in [2.05, 4.69) is 27.8 Å². The Bertz CT molecular complexity index is 590. The van der Waals surface area contributed by atoms with Crippen LogP contribution >= 0.6 is 15.9 Å². The monoisotopic (exact) mass is 349 g/mol. The van der Waals surface area contributed by atoms with Crippen molar-refractivity contribution < 1.29 is 9.52 Å². The fourth-order valence-corrected chi connectivity index (χ4v) is 2.68. The van der Waals surface area contributed by atoms with Crippen molar-refractivity contribution >= 4 is 27.8 Å². The normalized spacial score (nSPS) is 11.3. The van der Waals surface area contributed by atoms with E-state index in [-0.39, 0.29) is 5.95 Å². The number of hydrogen-bond acceptors (Lipinski definition) is 3. The lowest BCUT2D eigenvalue weighted by molar-refractivity contribution is 0.326. The van der Waals surface area contributed by atoms with Gasteiger partial charge < -0.3 is 9.52 Å². The molecule has 0 aliphatic heterocycles. The van der Waals surface area contributed by atoms with E-state index in [1.54, 1.807) is 6.21 Å². The summed E-state index contributed by atoms with van der Waals surface area (Å²) in [5.41, 5.74) is 1.69. The Hall–Kier alpha value is -1.55. The van der Waals surface area contributed by atoms with Gasteiger partial charge in [0, 0.05) is 0 Å². The lowest BCUT2D eigenvalue weighted by Crippen LogP contribution is -1.86. The summed E-state index contributed by atoms with van der Waals surface area (Å²) in [5.74, 6) is 0.551. The molecule has 0 fully saturated rings. The van der Waals surface area contributed by atoms with E-state index >= 15 is 0 Å². The second-order valence-corrected chi connectivity index (χ2v) is 5.76. The van der Waals surface area contributed by atoms with E-state index in [1.165, 1.54) is 19.3 Å². The molecule has 0 bridgehead atoms. The molecule has 0 aliphatic rings. The highest BCUT2D eigenvalue weighted by molar-refractivity contribution is 9.10. The van der Waals surface area contributed by atoms with Crippen LogP contribution in [0.25, 0.3) is 0 Å². The molecule has 0 spiro atoms. The highest BCUT2D eigenvalue weighted by Crippen LogP contribution is 2.33. The maximum absolute atomic E-state index is 9.91. The maximum Gasteiger partial charge on any atom is 0.286 e. The molecule has 2 aromatic rings. The average molecular weight is 350 g/mol. The predicted octanol–water partition coefficient (Wildman–Crippen LogP) is 5.62. The molecular weight excluding hydrogens is 330 g/mol. The van der Waals surface area contributed by atoms with Crippen molar-refractivity contribution in [3.05, 3.63) is 46.1 Å².